The van der Waals surface area contributed by atoms with Crippen molar-refractivity contribution in [3.63, 3.8) is 0 Å². The van der Waals surface area contributed by atoms with Crippen molar-refractivity contribution >= 4 is 86.8 Å². The Balaban J connectivity index is 1.29. The number of carbonyl (C=O) groups excluding carboxylic acids is 4. The summed E-state index contributed by atoms with van der Waals surface area (Å²) in [5, 5.41) is 69.5. The molecule has 0 spiro atoms. The number of phenolic OH excluding ortho intramolecular Hbond substituents is 2. The van der Waals surface area contributed by atoms with E-state index in [1.54, 1.807) is 0 Å². The maximum absolute atomic E-state index is 13.5. The van der Waals surface area contributed by atoms with Gasteiger partial charge >= 0.3 is 11.9 Å². The molecule has 0 radical (unpaired) electrons. The second kappa shape index (κ2) is 16.9. The van der Waals surface area contributed by atoms with Gasteiger partial charge < -0.3 is 55.9 Å². The van der Waals surface area contributed by atoms with E-state index in [2.05, 4.69) is 20.6 Å². The fraction of sp³-hybridized carbons (Fsp3) is 0.406. The normalized spacial score (nSPS) is 20.0. The van der Waals surface area contributed by atoms with E-state index < -0.39 is 93.7 Å². The van der Waals surface area contributed by atoms with Crippen molar-refractivity contribution in [1.29, 1.82) is 0 Å². The van der Waals surface area contributed by atoms with Crippen molar-refractivity contribution in [1.82, 2.24) is 15.2 Å². The number of aliphatic carboxylic acids is 3. The first-order valence-electron chi connectivity index (χ1n) is 16.4. The fourth-order valence-corrected chi connectivity index (χ4v) is 8.83. The number of anilines is 1. The van der Waals surface area contributed by atoms with E-state index in [9.17, 15) is 54.4 Å². The number of carbonyl (C=O) groups is 6. The lowest BCUT2D eigenvalue weighted by Gasteiger charge is -2.51. The number of rotatable bonds is 17. The predicted octanol–water partition coefficient (Wildman–Crippen LogP) is -0.462. The van der Waals surface area contributed by atoms with Crippen LogP contribution in [-0.2, 0) is 33.6 Å². The van der Waals surface area contributed by atoms with Gasteiger partial charge in [0.15, 0.2) is 33.8 Å². The molecule has 1 aromatic heterocycles. The number of Topliss-reactive ketones (excluding diaryl/α,β-unsaturated/α-hetero) is 1. The van der Waals surface area contributed by atoms with E-state index in [1.807, 2.05) is 0 Å². The number of aromatic nitrogens is 1. The maximum Gasteiger partial charge on any atom is 0.348 e. The van der Waals surface area contributed by atoms with Gasteiger partial charge in [-0.05, 0) is 12.1 Å². The number of benzene rings is 1. The number of amides is 2. The number of ketones is 1. The molecule has 2 aromatic rings. The zero-order valence-electron chi connectivity index (χ0n) is 28.5. The maximum atomic E-state index is 13.5. The molecule has 3 aliphatic heterocycles. The number of carboxylic acid groups (broad SMARTS) is 3. The van der Waals surface area contributed by atoms with Gasteiger partial charge in [-0.2, -0.15) is 0 Å². The van der Waals surface area contributed by atoms with Gasteiger partial charge in [-0.25, -0.2) is 9.78 Å². The van der Waals surface area contributed by atoms with E-state index in [0.717, 1.165) is 35.1 Å². The summed E-state index contributed by atoms with van der Waals surface area (Å²) < 4.78 is 0.351. The molecular weight excluding hydrogens is 790 g/mol. The molecule has 8 N–H and O–H groups in total. The second-order valence-corrected chi connectivity index (χ2v) is 15.2. The fourth-order valence-electron chi connectivity index (χ4n) is 6.63. The van der Waals surface area contributed by atoms with E-state index in [0.29, 0.717) is 29.7 Å². The second-order valence-electron chi connectivity index (χ2n) is 12.8. The molecule has 1 aromatic carbocycles. The van der Waals surface area contributed by atoms with Crippen LogP contribution < -0.4 is 16.2 Å². The number of quaternary nitrogens is 1. The summed E-state index contributed by atoms with van der Waals surface area (Å²) in [6, 6.07) is 2.27. The van der Waals surface area contributed by atoms with Gasteiger partial charge in [-0.15, -0.1) is 23.1 Å². The molecule has 2 fully saturated rings. The van der Waals surface area contributed by atoms with Crippen molar-refractivity contribution < 1.29 is 68.8 Å². The summed E-state index contributed by atoms with van der Waals surface area (Å²) in [4.78, 5) is 85.1. The Kier molecular flexibility index (Phi) is 12.5. The average Bonchev–Trinajstić information content (AvgIpc) is 3.78. The minimum Gasteiger partial charge on any atom is -0.543 e. The Hall–Kier alpha value is -5.45. The minimum atomic E-state index is -1.94. The highest BCUT2D eigenvalue weighted by Gasteiger charge is 2.53. The zero-order valence-corrected chi connectivity index (χ0v) is 30.9. The minimum absolute atomic E-state index is 0.0329. The SMILES string of the molecule is Nc1nc(/C(=N/O[C@@H](CC(=O)O)C(=O)O)C(=O)C[C@@H]2C(=O)N3C(C(=O)[O-])=C(C[N+]4(CCNC(=O)/C(=N\O)c5ccc(O)c(O)c5Cl)CCCC4)CS[C@H]23)cs1. The van der Waals surface area contributed by atoms with Gasteiger partial charge in [0.25, 0.3) is 5.91 Å². The number of thioether (sulfide) groups is 1. The van der Waals surface area contributed by atoms with Crippen molar-refractivity contribution in [2.24, 2.45) is 16.2 Å². The Morgan fingerprint density at radius 1 is 1.16 bits per heavy atom. The van der Waals surface area contributed by atoms with Crippen molar-refractivity contribution in [3.8, 4) is 11.5 Å². The smallest absolute Gasteiger partial charge is 0.348 e. The van der Waals surface area contributed by atoms with Crippen LogP contribution in [0.1, 0.15) is 36.9 Å². The van der Waals surface area contributed by atoms with Gasteiger partial charge in [0.1, 0.15) is 12.2 Å². The molecule has 3 atom stereocenters. The number of β-lactam (4-membered cyclic amide) rings is 1. The first kappa shape index (κ1) is 40.7. The first-order chi connectivity index (χ1) is 26.1. The Morgan fingerprint density at radius 3 is 2.47 bits per heavy atom. The summed E-state index contributed by atoms with van der Waals surface area (Å²) >= 11 is 8.21. The number of oxime groups is 2. The number of halogens is 1. The van der Waals surface area contributed by atoms with E-state index in [-0.39, 0.29) is 40.9 Å². The third-order valence-corrected chi connectivity index (χ3v) is 11.7. The molecule has 20 nitrogen and oxygen atoms in total. The number of nitrogens with zero attached hydrogens (tertiary/aromatic N) is 5. The highest BCUT2D eigenvalue weighted by molar-refractivity contribution is 8.00. The van der Waals surface area contributed by atoms with Crippen LogP contribution in [0, 0.1) is 5.92 Å². The van der Waals surface area contributed by atoms with E-state index in [4.69, 9.17) is 27.3 Å². The molecule has 294 valence electrons. The Bertz CT molecular complexity index is 2010. The molecule has 55 heavy (non-hydrogen) atoms. The number of hydrogen-bond donors (Lipinski definition) is 7. The van der Waals surface area contributed by atoms with Crippen LogP contribution in [0.4, 0.5) is 5.13 Å². The van der Waals surface area contributed by atoms with Gasteiger partial charge in [0.05, 0.1) is 60.6 Å². The Morgan fingerprint density at radius 2 is 1.87 bits per heavy atom. The quantitative estimate of drug-likeness (QED) is 0.0265. The number of phenols is 2. The summed E-state index contributed by atoms with van der Waals surface area (Å²) in [6.07, 6.45) is -1.79. The molecule has 3 aliphatic rings. The lowest BCUT2D eigenvalue weighted by Crippen LogP contribution is -2.64. The van der Waals surface area contributed by atoms with Gasteiger partial charge in [-0.1, -0.05) is 21.9 Å². The number of nitrogens with two attached hydrogens (primary N) is 1. The molecule has 4 heterocycles. The van der Waals surface area contributed by atoms with E-state index >= 15 is 0 Å². The van der Waals surface area contributed by atoms with E-state index in [1.165, 1.54) is 23.2 Å². The third kappa shape index (κ3) is 8.77. The average molecular weight is 824 g/mol. The molecule has 0 aliphatic carbocycles. The first-order valence-corrected chi connectivity index (χ1v) is 18.7. The molecule has 0 bridgehead atoms. The van der Waals surface area contributed by atoms with Gasteiger partial charge in [0.2, 0.25) is 12.0 Å². The Labute approximate surface area is 324 Å². The van der Waals surface area contributed by atoms with Crippen molar-refractivity contribution in [3.05, 3.63) is 45.1 Å². The number of thiazole rings is 1. The number of fused-ring (bicyclic) bond motifs is 1. The topological polar surface area (TPSA) is 315 Å². The van der Waals surface area contributed by atoms with Crippen LogP contribution in [0.3, 0.4) is 0 Å². The van der Waals surface area contributed by atoms with Crippen LogP contribution in [0.2, 0.25) is 5.02 Å². The highest BCUT2D eigenvalue weighted by Crippen LogP contribution is 2.46. The summed E-state index contributed by atoms with van der Waals surface area (Å²) in [5.74, 6) is -9.14. The van der Waals surface area contributed by atoms with Crippen LogP contribution in [-0.4, -0.2) is 137 Å². The molecular formula is C32H34ClN7O13S2. The van der Waals surface area contributed by atoms with Crippen LogP contribution >= 0.6 is 34.7 Å². The summed E-state index contributed by atoms with van der Waals surface area (Å²) in [6.45, 7) is 1.82. The molecule has 0 saturated carbocycles. The molecule has 5 rings (SSSR count). The van der Waals surface area contributed by atoms with Crippen molar-refractivity contribution in [2.45, 2.75) is 37.2 Å². The van der Waals surface area contributed by atoms with Gasteiger partial charge in [0, 0.05) is 41.5 Å². The summed E-state index contributed by atoms with van der Waals surface area (Å²) in [5.41, 5.74) is 4.56. The standard InChI is InChI=1S/C32H34ClN7O13S2/c33-22-15(3-4-18(41)26(22)45)23(37-52)27(46)35-5-8-40(6-1-2-7-40)11-14-12-54-29-16(28(47)39(29)25(14)31(50)51)9-19(42)24(17-13-55-32(34)36-17)38-53-20(30(48)49)10-21(43)44/h3-4,13,16,20,29H,1-2,5-12H2,(H8-,34,35,36,37,38,41,42,43,44,45,46,48,49,50,51,52)/t16-,20+,29-/m1/s1. The lowest BCUT2D eigenvalue weighted by molar-refractivity contribution is -0.911. The number of nitrogen functional groups attached to an aromatic ring is 1. The van der Waals surface area contributed by atoms with Crippen molar-refractivity contribution in [2.75, 3.05) is 44.2 Å². The molecule has 0 unspecified atom stereocenters. The zero-order chi connectivity index (χ0) is 40.2. The number of likely N-dealkylation sites (tertiary alicyclic amines) is 1. The number of carboxylic acids is 3. The molecule has 2 amide bonds. The highest BCUT2D eigenvalue weighted by atomic mass is 35.5. The van der Waals surface area contributed by atoms with Gasteiger partial charge in [-0.3, -0.25) is 24.1 Å². The monoisotopic (exact) mass is 823 g/mol. The van der Waals surface area contributed by atoms with Crippen LogP contribution in [0.5, 0.6) is 11.5 Å². The predicted molar refractivity (Wildman–Crippen MR) is 191 cm³/mol. The molecule has 2 saturated heterocycles. The third-order valence-electron chi connectivity index (χ3n) is 9.27. The largest absolute Gasteiger partial charge is 0.543 e. The summed E-state index contributed by atoms with van der Waals surface area (Å²) in [7, 11) is 0. The lowest BCUT2D eigenvalue weighted by atomic mass is 9.89. The molecule has 23 heteroatoms. The number of aromatic hydroxyl groups is 2. The number of hydrogen-bond acceptors (Lipinski definition) is 17. The van der Waals surface area contributed by atoms with Crippen LogP contribution in [0.25, 0.3) is 0 Å². The van der Waals surface area contributed by atoms with Crippen LogP contribution in [0.15, 0.2) is 39.1 Å². The number of nitrogens with one attached hydrogen (secondary N) is 1.